The summed E-state index contributed by atoms with van der Waals surface area (Å²) in [6.07, 6.45) is 1.33. The first-order valence-electron chi connectivity index (χ1n) is 5.39. The normalized spacial score (nSPS) is 19.3. The van der Waals surface area contributed by atoms with Gasteiger partial charge in [-0.15, -0.1) is 0 Å². The smallest absolute Gasteiger partial charge is 0.271 e. The van der Waals surface area contributed by atoms with Crippen LogP contribution in [0.4, 0.5) is 0 Å². The van der Waals surface area contributed by atoms with E-state index < -0.39 is 11.9 Å². The summed E-state index contributed by atoms with van der Waals surface area (Å²) < 4.78 is 0. The third-order valence-electron chi connectivity index (χ3n) is 2.84. The Morgan fingerprint density at radius 1 is 1.41 bits per heavy atom. The molecule has 6 heteroatoms. The van der Waals surface area contributed by atoms with Gasteiger partial charge in [0.2, 0.25) is 11.5 Å². The van der Waals surface area contributed by atoms with Crippen LogP contribution in [0, 0.1) is 0 Å². The van der Waals surface area contributed by atoms with E-state index in [9.17, 15) is 14.4 Å². The highest BCUT2D eigenvalue weighted by Gasteiger charge is 2.33. The second-order valence-corrected chi connectivity index (χ2v) is 3.99. The fourth-order valence-corrected chi connectivity index (χ4v) is 2.03. The maximum atomic E-state index is 12.1. The number of aromatic amines is 1. The number of aromatic nitrogens is 1. The number of amides is 2. The number of likely N-dealkylation sites (tertiary alicyclic amines) is 1. The molecule has 1 aromatic heterocycles. The number of hydrogen-bond acceptors (Lipinski definition) is 3. The van der Waals surface area contributed by atoms with Crippen molar-refractivity contribution in [3.05, 3.63) is 34.2 Å². The van der Waals surface area contributed by atoms with Gasteiger partial charge in [0.25, 0.3) is 5.91 Å². The van der Waals surface area contributed by atoms with E-state index in [1.165, 1.54) is 23.1 Å². The van der Waals surface area contributed by atoms with Gasteiger partial charge in [0, 0.05) is 12.6 Å². The average Bonchev–Trinajstić information content (AvgIpc) is 2.77. The van der Waals surface area contributed by atoms with Crippen molar-refractivity contribution in [2.24, 2.45) is 5.73 Å². The van der Waals surface area contributed by atoms with Gasteiger partial charge in [-0.1, -0.05) is 6.07 Å². The van der Waals surface area contributed by atoms with Crippen LogP contribution in [0.3, 0.4) is 0 Å². The molecule has 1 fully saturated rings. The van der Waals surface area contributed by atoms with E-state index in [4.69, 9.17) is 5.73 Å². The largest absolute Gasteiger partial charge is 0.368 e. The highest BCUT2D eigenvalue weighted by Crippen LogP contribution is 2.18. The number of nitrogens with two attached hydrogens (primary N) is 1. The molecular weight excluding hydrogens is 222 g/mol. The third-order valence-corrected chi connectivity index (χ3v) is 2.84. The second kappa shape index (κ2) is 4.40. The molecule has 0 spiro atoms. The summed E-state index contributed by atoms with van der Waals surface area (Å²) in [6, 6.07) is 3.78. The van der Waals surface area contributed by atoms with E-state index >= 15 is 0 Å². The van der Waals surface area contributed by atoms with Gasteiger partial charge >= 0.3 is 0 Å². The molecule has 2 rings (SSSR count). The van der Waals surface area contributed by atoms with Crippen LogP contribution in [-0.2, 0) is 4.79 Å². The van der Waals surface area contributed by atoms with Crippen LogP contribution in [0.15, 0.2) is 23.0 Å². The van der Waals surface area contributed by atoms with Crippen LogP contribution in [0.5, 0.6) is 0 Å². The summed E-state index contributed by atoms with van der Waals surface area (Å²) in [4.78, 5) is 38.2. The zero-order chi connectivity index (χ0) is 12.4. The SMILES string of the molecule is NC(=O)C1CCCN1C(=O)c1cccc(=O)[nH]1. The van der Waals surface area contributed by atoms with Crippen LogP contribution in [0.25, 0.3) is 0 Å². The van der Waals surface area contributed by atoms with Gasteiger partial charge in [0.1, 0.15) is 11.7 Å². The maximum Gasteiger partial charge on any atom is 0.271 e. The van der Waals surface area contributed by atoms with Crippen LogP contribution >= 0.6 is 0 Å². The van der Waals surface area contributed by atoms with Gasteiger partial charge in [-0.2, -0.15) is 0 Å². The Bertz CT molecular complexity index is 509. The number of rotatable bonds is 2. The monoisotopic (exact) mass is 235 g/mol. The van der Waals surface area contributed by atoms with Crippen molar-refractivity contribution in [1.29, 1.82) is 0 Å². The Hall–Kier alpha value is -2.11. The highest BCUT2D eigenvalue weighted by molar-refractivity contribution is 5.96. The van der Waals surface area contributed by atoms with Gasteiger partial charge in [-0.05, 0) is 18.9 Å². The van der Waals surface area contributed by atoms with E-state index in [1.807, 2.05) is 0 Å². The van der Waals surface area contributed by atoms with Gasteiger partial charge < -0.3 is 15.6 Å². The van der Waals surface area contributed by atoms with E-state index in [0.717, 1.165) is 6.42 Å². The number of primary amides is 1. The maximum absolute atomic E-state index is 12.1. The topological polar surface area (TPSA) is 96.3 Å². The molecule has 0 saturated carbocycles. The molecule has 1 aliphatic rings. The molecule has 0 bridgehead atoms. The number of carbonyl (C=O) groups is 2. The van der Waals surface area contributed by atoms with E-state index in [2.05, 4.69) is 4.98 Å². The Labute approximate surface area is 97.4 Å². The first kappa shape index (κ1) is 11.4. The van der Waals surface area contributed by atoms with Crippen molar-refractivity contribution < 1.29 is 9.59 Å². The molecule has 2 amide bonds. The molecule has 1 aliphatic heterocycles. The molecule has 6 nitrogen and oxygen atoms in total. The molecule has 0 radical (unpaired) electrons. The predicted octanol–water partition coefficient (Wildman–Crippen LogP) is -0.535. The summed E-state index contributed by atoms with van der Waals surface area (Å²) in [5, 5.41) is 0. The summed E-state index contributed by atoms with van der Waals surface area (Å²) in [5.41, 5.74) is 5.07. The Kier molecular flexibility index (Phi) is 2.95. The molecule has 0 aliphatic carbocycles. The lowest BCUT2D eigenvalue weighted by Crippen LogP contribution is -2.44. The number of carbonyl (C=O) groups excluding carboxylic acids is 2. The zero-order valence-electron chi connectivity index (χ0n) is 9.18. The summed E-state index contributed by atoms with van der Waals surface area (Å²) in [6.45, 7) is 0.489. The Balaban J connectivity index is 2.26. The van der Waals surface area contributed by atoms with Gasteiger partial charge in [-0.25, -0.2) is 0 Å². The minimum absolute atomic E-state index is 0.186. The van der Waals surface area contributed by atoms with Crippen molar-refractivity contribution >= 4 is 11.8 Å². The molecule has 17 heavy (non-hydrogen) atoms. The molecule has 1 saturated heterocycles. The van der Waals surface area contributed by atoms with Crippen molar-refractivity contribution in [2.45, 2.75) is 18.9 Å². The third kappa shape index (κ3) is 2.20. The number of nitrogens with zero attached hydrogens (tertiary/aromatic N) is 1. The van der Waals surface area contributed by atoms with Crippen LogP contribution in [0.2, 0.25) is 0 Å². The number of nitrogens with one attached hydrogen (secondary N) is 1. The zero-order valence-corrected chi connectivity index (χ0v) is 9.18. The minimum Gasteiger partial charge on any atom is -0.368 e. The standard InChI is InChI=1S/C11H13N3O3/c12-10(16)8-4-2-6-14(8)11(17)7-3-1-5-9(15)13-7/h1,3,5,8H,2,4,6H2,(H2,12,16)(H,13,15). The molecule has 1 atom stereocenters. The highest BCUT2D eigenvalue weighted by atomic mass is 16.2. The summed E-state index contributed by atoms with van der Waals surface area (Å²) in [7, 11) is 0. The van der Waals surface area contributed by atoms with Gasteiger partial charge in [-0.3, -0.25) is 14.4 Å². The Morgan fingerprint density at radius 3 is 2.82 bits per heavy atom. The quantitative estimate of drug-likeness (QED) is 0.720. The lowest BCUT2D eigenvalue weighted by Gasteiger charge is -2.21. The second-order valence-electron chi connectivity index (χ2n) is 3.99. The van der Waals surface area contributed by atoms with Crippen molar-refractivity contribution in [3.8, 4) is 0 Å². The lowest BCUT2D eigenvalue weighted by molar-refractivity contribution is -0.121. The number of H-pyrrole nitrogens is 1. The molecule has 90 valence electrons. The van der Waals surface area contributed by atoms with Crippen LogP contribution in [0.1, 0.15) is 23.3 Å². The van der Waals surface area contributed by atoms with E-state index in [0.29, 0.717) is 13.0 Å². The fraction of sp³-hybridized carbons (Fsp3) is 0.364. The van der Waals surface area contributed by atoms with Crippen molar-refractivity contribution in [3.63, 3.8) is 0 Å². The van der Waals surface area contributed by atoms with Crippen LogP contribution < -0.4 is 11.3 Å². The molecule has 0 aromatic carbocycles. The molecular formula is C11H13N3O3. The minimum atomic E-state index is -0.564. The molecule has 3 N–H and O–H groups in total. The van der Waals surface area contributed by atoms with Gasteiger partial charge in [0.05, 0.1) is 0 Å². The van der Waals surface area contributed by atoms with E-state index in [-0.39, 0.29) is 17.2 Å². The van der Waals surface area contributed by atoms with Crippen molar-refractivity contribution in [2.75, 3.05) is 6.54 Å². The van der Waals surface area contributed by atoms with Crippen molar-refractivity contribution in [1.82, 2.24) is 9.88 Å². The lowest BCUT2D eigenvalue weighted by atomic mass is 10.2. The molecule has 1 unspecified atom stereocenters. The summed E-state index contributed by atoms with van der Waals surface area (Å²) in [5.74, 6) is -0.863. The van der Waals surface area contributed by atoms with E-state index in [1.54, 1.807) is 0 Å². The predicted molar refractivity (Wildman–Crippen MR) is 60.3 cm³/mol. The average molecular weight is 235 g/mol. The number of pyridine rings is 1. The molecule has 2 heterocycles. The Morgan fingerprint density at radius 2 is 2.18 bits per heavy atom. The van der Waals surface area contributed by atoms with Gasteiger partial charge in [0.15, 0.2) is 0 Å². The first-order chi connectivity index (χ1) is 8.09. The summed E-state index contributed by atoms with van der Waals surface area (Å²) >= 11 is 0. The first-order valence-corrected chi connectivity index (χ1v) is 5.39. The molecule has 1 aromatic rings. The number of hydrogen-bond donors (Lipinski definition) is 2. The van der Waals surface area contributed by atoms with Crippen LogP contribution in [-0.4, -0.2) is 34.3 Å². The fourth-order valence-electron chi connectivity index (χ4n) is 2.03.